The van der Waals surface area contributed by atoms with E-state index in [0.717, 1.165) is 31.2 Å². The molecule has 0 radical (unpaired) electrons. The molecule has 0 aliphatic carbocycles. The highest BCUT2D eigenvalue weighted by molar-refractivity contribution is 5.96. The molecule has 35 heavy (non-hydrogen) atoms. The number of ether oxygens (including phenoxy) is 2. The Balaban J connectivity index is 1.26. The van der Waals surface area contributed by atoms with Gasteiger partial charge in [-0.15, -0.1) is 0 Å². The lowest BCUT2D eigenvalue weighted by molar-refractivity contribution is -0.121. The first-order valence-corrected chi connectivity index (χ1v) is 12.6. The van der Waals surface area contributed by atoms with Gasteiger partial charge in [0.05, 0.1) is 14.2 Å². The van der Waals surface area contributed by atoms with Crippen molar-refractivity contribution in [1.29, 1.82) is 0 Å². The van der Waals surface area contributed by atoms with Crippen LogP contribution in [0.2, 0.25) is 0 Å². The van der Waals surface area contributed by atoms with E-state index < -0.39 is 0 Å². The van der Waals surface area contributed by atoms with Gasteiger partial charge in [-0.25, -0.2) is 0 Å². The molecule has 0 aromatic heterocycles. The molecule has 2 aromatic carbocycles. The third-order valence-electron chi connectivity index (χ3n) is 7.26. The molecule has 2 aliphatic rings. The Morgan fingerprint density at radius 1 is 0.886 bits per heavy atom. The normalized spacial score (nSPS) is 17.7. The van der Waals surface area contributed by atoms with Gasteiger partial charge in [-0.3, -0.25) is 14.5 Å². The molecule has 2 saturated heterocycles. The summed E-state index contributed by atoms with van der Waals surface area (Å²) in [4.78, 5) is 30.2. The summed E-state index contributed by atoms with van der Waals surface area (Å²) in [7, 11) is 3.13. The summed E-state index contributed by atoms with van der Waals surface area (Å²) in [6.45, 7) is 6.70. The molecule has 0 saturated carbocycles. The number of hydrogen-bond acceptors (Lipinski definition) is 5. The summed E-state index contributed by atoms with van der Waals surface area (Å²) < 4.78 is 10.6. The van der Waals surface area contributed by atoms with Crippen molar-refractivity contribution >= 4 is 17.5 Å². The Hall–Kier alpha value is -3.06. The fraction of sp³-hybridized carbons (Fsp3) is 0.500. The predicted molar refractivity (Wildman–Crippen MR) is 137 cm³/mol. The predicted octanol–water partition coefficient (Wildman–Crippen LogP) is 4.43. The first-order valence-electron chi connectivity index (χ1n) is 12.6. The number of nitrogens with zero attached hydrogens (tertiary/aromatic N) is 2. The van der Waals surface area contributed by atoms with E-state index in [4.69, 9.17) is 9.47 Å². The summed E-state index contributed by atoms with van der Waals surface area (Å²) in [6.07, 6.45) is 3.83. The molecule has 0 unspecified atom stereocenters. The standard InChI is InChI=1S/C28H37N3O4/c1-20-8-12-30(13-9-20)19-21-4-6-24(7-5-21)29-27(32)22-10-14-31(15-11-22)28(33)23-16-25(34-2)18-26(17-23)35-3/h4-7,16-18,20,22H,8-15,19H2,1-3H3,(H,29,32). The number of anilines is 1. The molecule has 4 rings (SSSR count). The van der Waals surface area contributed by atoms with Crippen molar-refractivity contribution < 1.29 is 19.1 Å². The fourth-order valence-corrected chi connectivity index (χ4v) is 4.87. The topological polar surface area (TPSA) is 71.1 Å². The largest absolute Gasteiger partial charge is 0.497 e. The van der Waals surface area contributed by atoms with Crippen LogP contribution in [0.3, 0.4) is 0 Å². The average molecular weight is 480 g/mol. The minimum atomic E-state index is -0.103. The SMILES string of the molecule is COc1cc(OC)cc(C(=O)N2CCC(C(=O)Nc3ccc(CN4CCC(C)CC4)cc3)CC2)c1. The summed E-state index contributed by atoms with van der Waals surface area (Å²) >= 11 is 0. The van der Waals surface area contributed by atoms with Crippen LogP contribution >= 0.6 is 0 Å². The molecule has 2 aromatic rings. The van der Waals surface area contributed by atoms with Gasteiger partial charge in [0.1, 0.15) is 11.5 Å². The van der Waals surface area contributed by atoms with Crippen molar-refractivity contribution in [3.05, 3.63) is 53.6 Å². The fourth-order valence-electron chi connectivity index (χ4n) is 4.87. The highest BCUT2D eigenvalue weighted by atomic mass is 16.5. The average Bonchev–Trinajstić information content (AvgIpc) is 2.90. The highest BCUT2D eigenvalue weighted by Crippen LogP contribution is 2.26. The number of piperidine rings is 2. The molecule has 2 heterocycles. The molecular weight excluding hydrogens is 442 g/mol. The van der Waals surface area contributed by atoms with Crippen molar-refractivity contribution in [3.63, 3.8) is 0 Å². The summed E-state index contributed by atoms with van der Waals surface area (Å²) in [6, 6.07) is 13.4. The number of nitrogens with one attached hydrogen (secondary N) is 1. The maximum Gasteiger partial charge on any atom is 0.254 e. The van der Waals surface area contributed by atoms with Crippen LogP contribution in [-0.2, 0) is 11.3 Å². The van der Waals surface area contributed by atoms with Gasteiger partial charge in [-0.1, -0.05) is 19.1 Å². The molecule has 0 atom stereocenters. The molecule has 0 bridgehead atoms. The molecule has 7 nitrogen and oxygen atoms in total. The van der Waals surface area contributed by atoms with Crippen LogP contribution in [-0.4, -0.2) is 62.0 Å². The van der Waals surface area contributed by atoms with Gasteiger partial charge >= 0.3 is 0 Å². The van der Waals surface area contributed by atoms with Crippen molar-refractivity contribution in [2.24, 2.45) is 11.8 Å². The Morgan fingerprint density at radius 3 is 2.06 bits per heavy atom. The number of benzene rings is 2. The third-order valence-corrected chi connectivity index (χ3v) is 7.26. The van der Waals surface area contributed by atoms with Crippen LogP contribution in [0.15, 0.2) is 42.5 Å². The zero-order valence-corrected chi connectivity index (χ0v) is 21.1. The van der Waals surface area contributed by atoms with E-state index in [1.54, 1.807) is 37.3 Å². The zero-order valence-electron chi connectivity index (χ0n) is 21.1. The monoisotopic (exact) mass is 479 g/mol. The lowest BCUT2D eigenvalue weighted by Crippen LogP contribution is -2.41. The number of carbonyl (C=O) groups excluding carboxylic acids is 2. The van der Waals surface area contributed by atoms with E-state index >= 15 is 0 Å². The summed E-state index contributed by atoms with van der Waals surface area (Å²) in [5.41, 5.74) is 2.63. The molecule has 188 valence electrons. The van der Waals surface area contributed by atoms with Crippen molar-refractivity contribution in [3.8, 4) is 11.5 Å². The quantitative estimate of drug-likeness (QED) is 0.636. The smallest absolute Gasteiger partial charge is 0.254 e. The number of hydrogen-bond donors (Lipinski definition) is 1. The summed E-state index contributed by atoms with van der Waals surface area (Å²) in [5.74, 6) is 1.85. The lowest BCUT2D eigenvalue weighted by Gasteiger charge is -2.31. The number of rotatable bonds is 7. The van der Waals surface area contributed by atoms with Gasteiger partial charge in [-0.05, 0) is 74.5 Å². The van der Waals surface area contributed by atoms with Gasteiger partial charge in [-0.2, -0.15) is 0 Å². The van der Waals surface area contributed by atoms with Crippen LogP contribution < -0.4 is 14.8 Å². The second-order valence-corrected chi connectivity index (χ2v) is 9.81. The van der Waals surface area contributed by atoms with E-state index in [9.17, 15) is 9.59 Å². The number of likely N-dealkylation sites (tertiary alicyclic amines) is 2. The Bertz CT molecular complexity index is 985. The van der Waals surface area contributed by atoms with Crippen LogP contribution in [0.4, 0.5) is 5.69 Å². The van der Waals surface area contributed by atoms with Crippen molar-refractivity contribution in [1.82, 2.24) is 9.80 Å². The minimum Gasteiger partial charge on any atom is -0.497 e. The van der Waals surface area contributed by atoms with Crippen LogP contribution in [0.1, 0.15) is 48.5 Å². The molecule has 7 heteroatoms. The van der Waals surface area contributed by atoms with Crippen molar-refractivity contribution in [2.45, 2.75) is 39.2 Å². The van der Waals surface area contributed by atoms with Crippen LogP contribution in [0.5, 0.6) is 11.5 Å². The van der Waals surface area contributed by atoms with Gasteiger partial charge in [0.25, 0.3) is 5.91 Å². The van der Waals surface area contributed by atoms with E-state index in [0.29, 0.717) is 43.0 Å². The maximum atomic E-state index is 13.0. The Morgan fingerprint density at radius 2 is 1.49 bits per heavy atom. The van der Waals surface area contributed by atoms with Gasteiger partial charge in [0.15, 0.2) is 0 Å². The first-order chi connectivity index (χ1) is 16.9. The van der Waals surface area contributed by atoms with E-state index in [-0.39, 0.29) is 17.7 Å². The third kappa shape index (κ3) is 6.54. The van der Waals surface area contributed by atoms with Gasteiger partial charge < -0.3 is 19.7 Å². The number of carbonyl (C=O) groups is 2. The van der Waals surface area contributed by atoms with Crippen LogP contribution in [0.25, 0.3) is 0 Å². The molecule has 2 aliphatic heterocycles. The minimum absolute atomic E-state index is 0.0258. The second-order valence-electron chi connectivity index (χ2n) is 9.81. The number of amides is 2. The molecule has 2 amide bonds. The first kappa shape index (κ1) is 25.0. The van der Waals surface area contributed by atoms with Crippen molar-refractivity contribution in [2.75, 3.05) is 45.7 Å². The molecule has 1 N–H and O–H groups in total. The second kappa shape index (κ2) is 11.6. The van der Waals surface area contributed by atoms with Crippen LogP contribution in [0, 0.1) is 11.8 Å². The Kier molecular flexibility index (Phi) is 8.29. The van der Waals surface area contributed by atoms with Gasteiger partial charge in [0.2, 0.25) is 5.91 Å². The maximum absolute atomic E-state index is 13.0. The zero-order chi connectivity index (χ0) is 24.8. The lowest BCUT2D eigenvalue weighted by atomic mass is 9.95. The Labute approximate surface area is 208 Å². The van der Waals surface area contributed by atoms with E-state index in [1.807, 2.05) is 12.1 Å². The van der Waals surface area contributed by atoms with E-state index in [1.165, 1.54) is 18.4 Å². The molecule has 2 fully saturated rings. The molecular formula is C28H37N3O4. The number of methoxy groups -OCH3 is 2. The van der Waals surface area contributed by atoms with Gasteiger partial charge in [0, 0.05) is 42.9 Å². The molecule has 0 spiro atoms. The van der Waals surface area contributed by atoms with E-state index in [2.05, 4.69) is 29.3 Å². The highest BCUT2D eigenvalue weighted by Gasteiger charge is 2.28. The summed E-state index contributed by atoms with van der Waals surface area (Å²) in [5, 5.41) is 3.07.